The summed E-state index contributed by atoms with van der Waals surface area (Å²) in [6.07, 6.45) is 0.864. The van der Waals surface area contributed by atoms with Crippen molar-refractivity contribution in [1.29, 1.82) is 0 Å². The van der Waals surface area contributed by atoms with Gasteiger partial charge in [0.05, 0.1) is 0 Å². The lowest BCUT2D eigenvalue weighted by Crippen LogP contribution is -2.41. The topological polar surface area (TPSA) is 38.3 Å². The van der Waals surface area contributed by atoms with Crippen molar-refractivity contribution in [3.05, 3.63) is 65.7 Å². The van der Waals surface area contributed by atoms with E-state index in [9.17, 15) is 13.6 Å². The van der Waals surface area contributed by atoms with Gasteiger partial charge in [-0.3, -0.25) is 4.79 Å². The maximum absolute atomic E-state index is 13.1. The van der Waals surface area contributed by atoms with Crippen LogP contribution < -0.4 is 10.1 Å². The Balaban J connectivity index is 1.80. The number of carbonyl (C=O) groups excluding carboxylic acids is 1. The van der Waals surface area contributed by atoms with Gasteiger partial charge in [-0.1, -0.05) is 30.3 Å². The van der Waals surface area contributed by atoms with Gasteiger partial charge in [-0.05, 0) is 44.4 Å². The highest BCUT2D eigenvalue weighted by Gasteiger charge is 2.17. The van der Waals surface area contributed by atoms with E-state index in [1.807, 2.05) is 37.3 Å². The minimum Gasteiger partial charge on any atom is -0.481 e. The third-order valence-corrected chi connectivity index (χ3v) is 3.67. The molecule has 0 heterocycles. The van der Waals surface area contributed by atoms with E-state index in [0.717, 1.165) is 25.0 Å². The van der Waals surface area contributed by atoms with Crippen molar-refractivity contribution in [2.24, 2.45) is 0 Å². The lowest BCUT2D eigenvalue weighted by Gasteiger charge is -2.19. The molecule has 0 radical (unpaired) electrons. The smallest absolute Gasteiger partial charge is 0.260 e. The number of benzene rings is 2. The van der Waals surface area contributed by atoms with Crippen molar-refractivity contribution >= 4 is 5.91 Å². The lowest BCUT2D eigenvalue weighted by atomic mass is 10.1. The Bertz CT molecular complexity index is 676. The van der Waals surface area contributed by atoms with E-state index in [1.165, 1.54) is 11.6 Å². The molecule has 0 aliphatic heterocycles. The summed E-state index contributed by atoms with van der Waals surface area (Å²) < 4.78 is 31.4. The van der Waals surface area contributed by atoms with Crippen LogP contribution in [0.25, 0.3) is 0 Å². The molecule has 0 fully saturated rings. The second-order valence-corrected chi connectivity index (χ2v) is 5.77. The largest absolute Gasteiger partial charge is 0.481 e. The second-order valence-electron chi connectivity index (χ2n) is 5.77. The van der Waals surface area contributed by atoms with E-state index < -0.39 is 17.7 Å². The number of halogens is 2. The maximum Gasteiger partial charge on any atom is 0.260 e. The molecule has 1 N–H and O–H groups in total. The monoisotopic (exact) mass is 333 g/mol. The predicted molar refractivity (Wildman–Crippen MR) is 88.8 cm³/mol. The number of ether oxygens (including phenoxy) is 1. The summed E-state index contributed by atoms with van der Waals surface area (Å²) in [4.78, 5) is 12.1. The zero-order valence-corrected chi connectivity index (χ0v) is 13.8. The molecule has 2 atom stereocenters. The summed E-state index contributed by atoms with van der Waals surface area (Å²) in [5.74, 6) is -2.13. The van der Waals surface area contributed by atoms with Crippen LogP contribution in [0.3, 0.4) is 0 Å². The van der Waals surface area contributed by atoms with Gasteiger partial charge in [-0.2, -0.15) is 0 Å². The Morgan fingerprint density at radius 3 is 2.46 bits per heavy atom. The van der Waals surface area contributed by atoms with Crippen LogP contribution in [0.4, 0.5) is 8.78 Å². The van der Waals surface area contributed by atoms with E-state index in [2.05, 4.69) is 5.32 Å². The summed E-state index contributed by atoms with van der Waals surface area (Å²) in [6, 6.07) is 13.2. The molecule has 0 aromatic heterocycles. The highest BCUT2D eigenvalue weighted by molar-refractivity contribution is 5.80. The number of rotatable bonds is 7. The number of hydrogen-bond acceptors (Lipinski definition) is 2. The molecule has 0 aliphatic carbocycles. The molecular formula is C19H21F2NO2. The number of nitrogens with one attached hydrogen (secondary N) is 1. The zero-order valence-electron chi connectivity index (χ0n) is 13.8. The Morgan fingerprint density at radius 2 is 1.79 bits per heavy atom. The molecule has 2 aromatic carbocycles. The van der Waals surface area contributed by atoms with Crippen molar-refractivity contribution in [2.45, 2.75) is 38.8 Å². The Kier molecular flexibility index (Phi) is 6.29. The summed E-state index contributed by atoms with van der Waals surface area (Å²) in [5, 5.41) is 2.86. The second kappa shape index (κ2) is 8.43. The van der Waals surface area contributed by atoms with Crippen molar-refractivity contribution in [3.63, 3.8) is 0 Å². The first kappa shape index (κ1) is 17.9. The molecule has 0 spiro atoms. The first-order valence-corrected chi connectivity index (χ1v) is 7.91. The Labute approximate surface area is 140 Å². The average molecular weight is 333 g/mol. The van der Waals surface area contributed by atoms with E-state index in [-0.39, 0.29) is 17.7 Å². The molecule has 5 heteroatoms. The van der Waals surface area contributed by atoms with Crippen LogP contribution in [0, 0.1) is 11.6 Å². The van der Waals surface area contributed by atoms with Gasteiger partial charge in [0.15, 0.2) is 17.7 Å². The van der Waals surface area contributed by atoms with Crippen LogP contribution in [0.1, 0.15) is 25.8 Å². The van der Waals surface area contributed by atoms with Gasteiger partial charge in [0, 0.05) is 12.1 Å². The number of carbonyl (C=O) groups is 1. The summed E-state index contributed by atoms with van der Waals surface area (Å²) >= 11 is 0. The molecule has 2 aromatic rings. The summed E-state index contributed by atoms with van der Waals surface area (Å²) in [6.45, 7) is 3.49. The third kappa shape index (κ3) is 5.33. The highest BCUT2D eigenvalue weighted by Crippen LogP contribution is 2.17. The molecule has 0 aliphatic rings. The molecule has 0 bridgehead atoms. The van der Waals surface area contributed by atoms with E-state index in [0.29, 0.717) is 0 Å². The van der Waals surface area contributed by atoms with Crippen molar-refractivity contribution in [2.75, 3.05) is 0 Å². The van der Waals surface area contributed by atoms with Crippen LogP contribution in [0.5, 0.6) is 5.75 Å². The highest BCUT2D eigenvalue weighted by atomic mass is 19.2. The Hall–Kier alpha value is -2.43. The molecule has 0 saturated heterocycles. The van der Waals surface area contributed by atoms with Crippen molar-refractivity contribution in [1.82, 2.24) is 5.32 Å². The molecule has 3 nitrogen and oxygen atoms in total. The van der Waals surface area contributed by atoms with Gasteiger partial charge in [0.2, 0.25) is 0 Å². The van der Waals surface area contributed by atoms with Crippen molar-refractivity contribution < 1.29 is 18.3 Å². The molecule has 2 rings (SSSR count). The molecule has 128 valence electrons. The minimum atomic E-state index is -1.00. The minimum absolute atomic E-state index is 0.0197. The number of hydrogen-bond donors (Lipinski definition) is 1. The van der Waals surface area contributed by atoms with Crippen LogP contribution in [-0.2, 0) is 11.2 Å². The normalized spacial score (nSPS) is 13.2. The van der Waals surface area contributed by atoms with Crippen LogP contribution in [0.2, 0.25) is 0 Å². The molecule has 24 heavy (non-hydrogen) atoms. The molecule has 1 amide bonds. The van der Waals surface area contributed by atoms with E-state index >= 15 is 0 Å². The predicted octanol–water partition coefficient (Wildman–Crippen LogP) is 3.87. The summed E-state index contributed by atoms with van der Waals surface area (Å²) in [7, 11) is 0. The van der Waals surface area contributed by atoms with Gasteiger partial charge in [0.25, 0.3) is 5.91 Å². The van der Waals surface area contributed by atoms with Gasteiger partial charge in [-0.25, -0.2) is 8.78 Å². The fraction of sp³-hybridized carbons (Fsp3) is 0.316. The molecule has 2 unspecified atom stereocenters. The lowest BCUT2D eigenvalue weighted by molar-refractivity contribution is -0.127. The van der Waals surface area contributed by atoms with Crippen LogP contribution in [0.15, 0.2) is 48.5 Å². The standard InChI is InChI=1S/C19H21F2NO2/c1-13(8-9-15-6-4-3-5-7-15)22-19(23)14(2)24-16-10-11-17(20)18(21)12-16/h3-7,10-14H,8-9H2,1-2H3,(H,22,23). The Morgan fingerprint density at radius 1 is 1.08 bits per heavy atom. The number of aryl methyl sites for hydroxylation is 1. The van der Waals surface area contributed by atoms with Gasteiger partial charge in [0.1, 0.15) is 5.75 Å². The first-order valence-electron chi connectivity index (χ1n) is 7.91. The third-order valence-electron chi connectivity index (χ3n) is 3.67. The van der Waals surface area contributed by atoms with Gasteiger partial charge in [-0.15, -0.1) is 0 Å². The van der Waals surface area contributed by atoms with Crippen LogP contribution in [-0.4, -0.2) is 18.1 Å². The quantitative estimate of drug-likeness (QED) is 0.835. The maximum atomic E-state index is 13.1. The zero-order chi connectivity index (χ0) is 17.5. The summed E-state index contributed by atoms with van der Waals surface area (Å²) in [5.41, 5.74) is 1.21. The fourth-order valence-electron chi connectivity index (χ4n) is 2.27. The molecular weight excluding hydrogens is 312 g/mol. The van der Waals surface area contributed by atoms with Crippen LogP contribution >= 0.6 is 0 Å². The average Bonchev–Trinajstić information content (AvgIpc) is 2.57. The first-order chi connectivity index (χ1) is 11.5. The van der Waals surface area contributed by atoms with E-state index in [1.54, 1.807) is 6.92 Å². The number of amides is 1. The molecule has 0 saturated carbocycles. The van der Waals surface area contributed by atoms with E-state index in [4.69, 9.17) is 4.74 Å². The van der Waals surface area contributed by atoms with Crippen molar-refractivity contribution in [3.8, 4) is 5.75 Å². The fourth-order valence-corrected chi connectivity index (χ4v) is 2.27. The van der Waals surface area contributed by atoms with Gasteiger partial charge >= 0.3 is 0 Å². The van der Waals surface area contributed by atoms with Gasteiger partial charge < -0.3 is 10.1 Å². The SMILES string of the molecule is CC(CCc1ccccc1)NC(=O)C(C)Oc1ccc(F)c(F)c1.